The molecule has 1 heterocycles. The zero-order valence-electron chi connectivity index (χ0n) is 5.03. The van der Waals surface area contributed by atoms with Crippen molar-refractivity contribution in [3.05, 3.63) is 18.2 Å². The third kappa shape index (κ3) is 1.28. The number of H-pyrrole nitrogens is 1. The highest BCUT2D eigenvalue weighted by molar-refractivity contribution is 4.94. The van der Waals surface area contributed by atoms with E-state index < -0.39 is 6.29 Å². The van der Waals surface area contributed by atoms with Crippen LogP contribution in [0.4, 0.5) is 0 Å². The molecule has 1 rings (SSSR count). The fraction of sp³-hybridized carbons (Fsp3) is 0.400. The molecule has 0 aromatic carbocycles. The first-order valence-corrected chi connectivity index (χ1v) is 2.53. The number of ether oxygens (including phenoxy) is 1. The zero-order valence-corrected chi connectivity index (χ0v) is 5.03. The molecule has 0 radical (unpaired) electrons. The van der Waals surface area contributed by atoms with Gasteiger partial charge >= 0.3 is 0 Å². The summed E-state index contributed by atoms with van der Waals surface area (Å²) in [6, 6.07) is 0. The number of hydrogen-bond donors (Lipinski definition) is 2. The van der Waals surface area contributed by atoms with Crippen molar-refractivity contribution in [1.82, 2.24) is 9.97 Å². The van der Waals surface area contributed by atoms with Crippen molar-refractivity contribution < 1.29 is 9.84 Å². The Bertz CT molecular complexity index is 161. The largest absolute Gasteiger partial charge is 0.363 e. The van der Waals surface area contributed by atoms with Gasteiger partial charge < -0.3 is 14.8 Å². The number of nitrogens with one attached hydrogen (secondary N) is 1. The van der Waals surface area contributed by atoms with E-state index >= 15 is 0 Å². The average molecular weight is 128 g/mol. The van der Waals surface area contributed by atoms with Gasteiger partial charge in [-0.25, -0.2) is 4.98 Å². The maximum Gasteiger partial charge on any atom is 0.197 e. The predicted molar refractivity (Wildman–Crippen MR) is 30.6 cm³/mol. The Morgan fingerprint density at radius 3 is 3.11 bits per heavy atom. The van der Waals surface area contributed by atoms with E-state index in [1.807, 2.05) is 0 Å². The van der Waals surface area contributed by atoms with Crippen LogP contribution in [-0.2, 0) is 4.74 Å². The van der Waals surface area contributed by atoms with E-state index in [0.717, 1.165) is 0 Å². The fourth-order valence-corrected chi connectivity index (χ4v) is 0.529. The van der Waals surface area contributed by atoms with E-state index in [4.69, 9.17) is 5.11 Å². The summed E-state index contributed by atoms with van der Waals surface area (Å²) >= 11 is 0. The SMILES string of the molecule is COC(O)c1cnc[nH]1. The van der Waals surface area contributed by atoms with Gasteiger partial charge in [0.1, 0.15) is 0 Å². The van der Waals surface area contributed by atoms with E-state index in [2.05, 4.69) is 14.7 Å². The smallest absolute Gasteiger partial charge is 0.197 e. The van der Waals surface area contributed by atoms with Crippen LogP contribution in [0.15, 0.2) is 12.5 Å². The molecule has 0 bridgehead atoms. The van der Waals surface area contributed by atoms with E-state index in [9.17, 15) is 0 Å². The summed E-state index contributed by atoms with van der Waals surface area (Å²) in [7, 11) is 1.42. The highest BCUT2D eigenvalue weighted by Crippen LogP contribution is 2.06. The summed E-state index contributed by atoms with van der Waals surface area (Å²) in [5, 5.41) is 8.92. The molecule has 0 aliphatic rings. The van der Waals surface area contributed by atoms with Crippen LogP contribution in [0, 0.1) is 0 Å². The number of aliphatic hydroxyl groups excluding tert-OH is 1. The molecule has 9 heavy (non-hydrogen) atoms. The summed E-state index contributed by atoms with van der Waals surface area (Å²) in [5.74, 6) is 0. The number of methoxy groups -OCH3 is 1. The minimum absolute atomic E-state index is 0.567. The molecule has 0 amide bonds. The third-order valence-corrected chi connectivity index (χ3v) is 1.01. The van der Waals surface area contributed by atoms with Gasteiger partial charge in [-0.2, -0.15) is 0 Å². The molecule has 4 heteroatoms. The number of nitrogens with zero attached hydrogens (tertiary/aromatic N) is 1. The maximum atomic E-state index is 8.92. The highest BCUT2D eigenvalue weighted by atomic mass is 16.6. The van der Waals surface area contributed by atoms with Crippen molar-refractivity contribution >= 4 is 0 Å². The Balaban J connectivity index is 2.65. The van der Waals surface area contributed by atoms with Crippen LogP contribution in [0.25, 0.3) is 0 Å². The van der Waals surface area contributed by atoms with Gasteiger partial charge in [0.05, 0.1) is 18.2 Å². The number of aromatic nitrogens is 2. The summed E-state index contributed by atoms with van der Waals surface area (Å²) in [5.41, 5.74) is 0.567. The van der Waals surface area contributed by atoms with Gasteiger partial charge in [-0.15, -0.1) is 0 Å². The first-order valence-electron chi connectivity index (χ1n) is 2.53. The molecule has 0 aliphatic heterocycles. The van der Waals surface area contributed by atoms with Crippen LogP contribution in [-0.4, -0.2) is 22.2 Å². The van der Waals surface area contributed by atoms with Crippen LogP contribution in [0.1, 0.15) is 12.0 Å². The second kappa shape index (κ2) is 2.61. The molecular weight excluding hydrogens is 120 g/mol. The summed E-state index contributed by atoms with van der Waals surface area (Å²) in [6.07, 6.45) is 2.11. The van der Waals surface area contributed by atoms with Crippen molar-refractivity contribution in [2.24, 2.45) is 0 Å². The molecule has 0 saturated carbocycles. The number of aliphatic hydroxyl groups is 1. The van der Waals surface area contributed by atoms with Crippen LogP contribution in [0.2, 0.25) is 0 Å². The van der Waals surface area contributed by atoms with Gasteiger partial charge in [0, 0.05) is 7.11 Å². The standard InChI is InChI=1S/C5H8N2O2/c1-9-5(8)4-2-6-3-7-4/h2-3,5,8H,1H3,(H,6,7). The van der Waals surface area contributed by atoms with Crippen molar-refractivity contribution in [3.8, 4) is 0 Å². The summed E-state index contributed by atoms with van der Waals surface area (Å²) < 4.78 is 4.58. The molecule has 4 nitrogen and oxygen atoms in total. The Hall–Kier alpha value is -0.870. The number of aromatic amines is 1. The van der Waals surface area contributed by atoms with E-state index in [1.165, 1.54) is 19.6 Å². The molecule has 1 atom stereocenters. The van der Waals surface area contributed by atoms with Crippen LogP contribution in [0.5, 0.6) is 0 Å². The van der Waals surface area contributed by atoms with E-state index in [1.54, 1.807) is 0 Å². The monoisotopic (exact) mass is 128 g/mol. The van der Waals surface area contributed by atoms with E-state index in [-0.39, 0.29) is 0 Å². The highest BCUT2D eigenvalue weighted by Gasteiger charge is 2.04. The fourth-order valence-electron chi connectivity index (χ4n) is 0.529. The molecule has 0 aliphatic carbocycles. The topological polar surface area (TPSA) is 58.1 Å². The first kappa shape index (κ1) is 6.25. The second-order valence-corrected chi connectivity index (χ2v) is 1.60. The van der Waals surface area contributed by atoms with Crippen molar-refractivity contribution in [2.45, 2.75) is 6.29 Å². The molecule has 1 aromatic heterocycles. The van der Waals surface area contributed by atoms with Crippen molar-refractivity contribution in [2.75, 3.05) is 7.11 Å². The predicted octanol–water partition coefficient (Wildman–Crippen LogP) is 0.0470. The molecule has 0 saturated heterocycles. The van der Waals surface area contributed by atoms with Gasteiger partial charge in [0.2, 0.25) is 0 Å². The lowest BCUT2D eigenvalue weighted by Gasteiger charge is -2.02. The Morgan fingerprint density at radius 2 is 2.67 bits per heavy atom. The van der Waals surface area contributed by atoms with Crippen molar-refractivity contribution in [3.63, 3.8) is 0 Å². The molecule has 0 fully saturated rings. The first-order chi connectivity index (χ1) is 4.34. The lowest BCUT2D eigenvalue weighted by atomic mass is 10.5. The maximum absolute atomic E-state index is 8.92. The Kier molecular flexibility index (Phi) is 1.81. The van der Waals surface area contributed by atoms with Crippen LogP contribution in [0.3, 0.4) is 0 Å². The van der Waals surface area contributed by atoms with Crippen LogP contribution < -0.4 is 0 Å². The van der Waals surface area contributed by atoms with Crippen LogP contribution >= 0.6 is 0 Å². The second-order valence-electron chi connectivity index (χ2n) is 1.60. The minimum Gasteiger partial charge on any atom is -0.363 e. The normalized spacial score (nSPS) is 13.6. The molecule has 1 unspecified atom stereocenters. The van der Waals surface area contributed by atoms with Gasteiger partial charge in [-0.05, 0) is 0 Å². The Morgan fingerprint density at radius 1 is 1.89 bits per heavy atom. The van der Waals surface area contributed by atoms with Gasteiger partial charge in [0.25, 0.3) is 0 Å². The lowest BCUT2D eigenvalue weighted by molar-refractivity contribution is -0.0796. The summed E-state index contributed by atoms with van der Waals surface area (Å²) in [6.45, 7) is 0. The molecular formula is C5H8N2O2. The Labute approximate surface area is 52.5 Å². The average Bonchev–Trinajstić information content (AvgIpc) is 2.37. The van der Waals surface area contributed by atoms with Gasteiger partial charge in [-0.1, -0.05) is 0 Å². The summed E-state index contributed by atoms with van der Waals surface area (Å²) in [4.78, 5) is 6.40. The van der Waals surface area contributed by atoms with Gasteiger partial charge in [0.15, 0.2) is 6.29 Å². The molecule has 0 spiro atoms. The molecule has 2 N–H and O–H groups in total. The third-order valence-electron chi connectivity index (χ3n) is 1.01. The quantitative estimate of drug-likeness (QED) is 0.553. The molecule has 50 valence electrons. The number of hydrogen-bond acceptors (Lipinski definition) is 3. The lowest BCUT2D eigenvalue weighted by Crippen LogP contribution is -1.98. The minimum atomic E-state index is -0.882. The van der Waals surface area contributed by atoms with Gasteiger partial charge in [-0.3, -0.25) is 0 Å². The number of rotatable bonds is 2. The zero-order chi connectivity index (χ0) is 6.69. The van der Waals surface area contributed by atoms with E-state index in [0.29, 0.717) is 5.69 Å². The molecule has 1 aromatic rings. The van der Waals surface area contributed by atoms with Crippen molar-refractivity contribution in [1.29, 1.82) is 0 Å². The number of imidazole rings is 1.